The van der Waals surface area contributed by atoms with Crippen LogP contribution in [0.2, 0.25) is 5.02 Å². The van der Waals surface area contributed by atoms with Crippen LogP contribution >= 0.6 is 27.5 Å². The summed E-state index contributed by atoms with van der Waals surface area (Å²) in [5.41, 5.74) is 0.494. The van der Waals surface area contributed by atoms with Gasteiger partial charge in [0.15, 0.2) is 0 Å². The maximum Gasteiger partial charge on any atom is 0.0657 e. The zero-order chi connectivity index (χ0) is 13.2. The summed E-state index contributed by atoms with van der Waals surface area (Å²) < 4.78 is 0.956. The number of hydrogen-bond donors (Lipinski definition) is 2. The van der Waals surface area contributed by atoms with Gasteiger partial charge in [0.2, 0.25) is 0 Å². The lowest BCUT2D eigenvalue weighted by molar-refractivity contribution is 0.161. The third-order valence-electron chi connectivity index (χ3n) is 3.72. The van der Waals surface area contributed by atoms with Crippen molar-refractivity contribution in [2.75, 3.05) is 6.61 Å². The first-order valence-electron chi connectivity index (χ1n) is 6.39. The lowest BCUT2D eigenvalue weighted by atomic mass is 9.91. The lowest BCUT2D eigenvalue weighted by Crippen LogP contribution is -2.47. The van der Waals surface area contributed by atoms with Crippen molar-refractivity contribution in [2.24, 2.45) is 0 Å². The van der Waals surface area contributed by atoms with E-state index in [0.717, 1.165) is 10.0 Å². The van der Waals surface area contributed by atoms with Crippen LogP contribution in [-0.2, 0) is 5.54 Å². The van der Waals surface area contributed by atoms with E-state index in [-0.39, 0.29) is 6.61 Å². The van der Waals surface area contributed by atoms with Gasteiger partial charge in [-0.2, -0.15) is 0 Å². The highest BCUT2D eigenvalue weighted by molar-refractivity contribution is 9.10. The first-order valence-corrected chi connectivity index (χ1v) is 7.56. The molecule has 2 nitrogen and oxygen atoms in total. The summed E-state index contributed by atoms with van der Waals surface area (Å²) in [7, 11) is 0. The summed E-state index contributed by atoms with van der Waals surface area (Å²) in [6, 6.07) is 6.30. The van der Waals surface area contributed by atoms with E-state index in [2.05, 4.69) is 21.2 Å². The quantitative estimate of drug-likeness (QED) is 0.878. The van der Waals surface area contributed by atoms with E-state index in [9.17, 15) is 5.11 Å². The summed E-state index contributed by atoms with van der Waals surface area (Å²) in [6.07, 6.45) is 4.91. The van der Waals surface area contributed by atoms with E-state index in [1.165, 1.54) is 25.7 Å². The van der Waals surface area contributed by atoms with Gasteiger partial charge in [-0.25, -0.2) is 0 Å². The lowest BCUT2D eigenvalue weighted by Gasteiger charge is -2.33. The molecule has 1 saturated carbocycles. The van der Waals surface area contributed by atoms with Crippen molar-refractivity contribution >= 4 is 27.5 Å². The number of benzene rings is 1. The molecule has 0 spiro atoms. The number of aliphatic hydroxyl groups excluding tert-OH is 1. The highest BCUT2D eigenvalue weighted by Crippen LogP contribution is 2.32. The molecule has 2 rings (SSSR count). The van der Waals surface area contributed by atoms with E-state index in [4.69, 9.17) is 11.6 Å². The molecule has 0 radical (unpaired) electrons. The molecule has 100 valence electrons. The van der Waals surface area contributed by atoms with E-state index >= 15 is 0 Å². The molecule has 1 aliphatic rings. The van der Waals surface area contributed by atoms with Crippen molar-refractivity contribution in [1.82, 2.24) is 5.32 Å². The van der Waals surface area contributed by atoms with Crippen LogP contribution < -0.4 is 5.32 Å². The number of hydrogen-bond acceptors (Lipinski definition) is 2. The second-order valence-corrected chi connectivity index (χ2v) is 6.56. The van der Waals surface area contributed by atoms with Crippen molar-refractivity contribution in [1.29, 1.82) is 0 Å². The van der Waals surface area contributed by atoms with Crippen molar-refractivity contribution < 1.29 is 5.11 Å². The van der Waals surface area contributed by atoms with Crippen LogP contribution in [0.3, 0.4) is 0 Å². The van der Waals surface area contributed by atoms with Crippen molar-refractivity contribution in [3.63, 3.8) is 0 Å². The molecule has 0 aliphatic heterocycles. The monoisotopic (exact) mass is 331 g/mol. The van der Waals surface area contributed by atoms with Gasteiger partial charge in [0.25, 0.3) is 0 Å². The van der Waals surface area contributed by atoms with Crippen LogP contribution in [0.15, 0.2) is 22.7 Å². The minimum Gasteiger partial charge on any atom is -0.394 e. The Morgan fingerprint density at radius 1 is 1.44 bits per heavy atom. The summed E-state index contributed by atoms with van der Waals surface area (Å²) in [5, 5.41) is 14.0. The van der Waals surface area contributed by atoms with Crippen LogP contribution in [-0.4, -0.2) is 17.8 Å². The number of halogens is 2. The van der Waals surface area contributed by atoms with E-state index in [1.54, 1.807) is 0 Å². The molecule has 0 saturated heterocycles. The van der Waals surface area contributed by atoms with Gasteiger partial charge in [-0.05, 0) is 37.5 Å². The van der Waals surface area contributed by atoms with Gasteiger partial charge in [-0.15, -0.1) is 0 Å². The Bertz CT molecular complexity index is 420. The minimum atomic E-state index is -0.465. The fourth-order valence-corrected chi connectivity index (χ4v) is 3.55. The van der Waals surface area contributed by atoms with Crippen molar-refractivity contribution in [3.8, 4) is 0 Å². The summed E-state index contributed by atoms with van der Waals surface area (Å²) >= 11 is 9.70. The molecule has 18 heavy (non-hydrogen) atoms. The molecule has 1 unspecified atom stereocenters. The highest BCUT2D eigenvalue weighted by atomic mass is 79.9. The van der Waals surface area contributed by atoms with Crippen molar-refractivity contribution in [3.05, 3.63) is 33.3 Å². The Hall–Kier alpha value is -0.0900. The standard InChI is InChI=1S/C14H19BrClNO/c1-14(9-18,17-11-4-2-3-5-11)12-7-6-10(15)8-13(12)16/h6-8,11,17-18H,2-5,9H2,1H3. The number of aliphatic hydroxyl groups is 1. The van der Waals surface area contributed by atoms with Crippen molar-refractivity contribution in [2.45, 2.75) is 44.2 Å². The molecule has 1 fully saturated rings. The van der Waals surface area contributed by atoms with Crippen LogP contribution in [0.4, 0.5) is 0 Å². The molecule has 1 aromatic carbocycles. The molecule has 1 aliphatic carbocycles. The molecule has 1 aromatic rings. The third kappa shape index (κ3) is 3.08. The minimum absolute atomic E-state index is 0.0465. The zero-order valence-corrected chi connectivity index (χ0v) is 12.9. The first-order chi connectivity index (χ1) is 8.55. The smallest absolute Gasteiger partial charge is 0.0657 e. The predicted molar refractivity (Wildman–Crippen MR) is 79.0 cm³/mol. The van der Waals surface area contributed by atoms with E-state index in [0.29, 0.717) is 11.1 Å². The predicted octanol–water partition coefficient (Wildman–Crippen LogP) is 3.84. The van der Waals surface area contributed by atoms with Crippen LogP contribution in [0.25, 0.3) is 0 Å². The maximum atomic E-state index is 9.76. The Labute approximate surface area is 122 Å². The fraction of sp³-hybridized carbons (Fsp3) is 0.571. The Balaban J connectivity index is 2.24. The summed E-state index contributed by atoms with van der Waals surface area (Å²) in [6.45, 7) is 2.06. The van der Waals surface area contributed by atoms with E-state index < -0.39 is 5.54 Å². The van der Waals surface area contributed by atoms with Crippen LogP contribution in [0, 0.1) is 0 Å². The average Bonchev–Trinajstić information content (AvgIpc) is 2.81. The normalized spacial score (nSPS) is 20.0. The second-order valence-electron chi connectivity index (χ2n) is 5.24. The topological polar surface area (TPSA) is 32.3 Å². The highest BCUT2D eigenvalue weighted by Gasteiger charge is 2.31. The van der Waals surface area contributed by atoms with Gasteiger partial charge in [-0.3, -0.25) is 0 Å². The Kier molecular flexibility index (Phi) is 4.70. The summed E-state index contributed by atoms with van der Waals surface area (Å²) in [5.74, 6) is 0. The Morgan fingerprint density at radius 2 is 2.11 bits per heavy atom. The van der Waals surface area contributed by atoms with E-state index in [1.807, 2.05) is 25.1 Å². The van der Waals surface area contributed by atoms with Gasteiger partial charge >= 0.3 is 0 Å². The molecule has 0 aromatic heterocycles. The van der Waals surface area contributed by atoms with Gasteiger partial charge in [0, 0.05) is 15.5 Å². The van der Waals surface area contributed by atoms with Gasteiger partial charge in [0.1, 0.15) is 0 Å². The number of nitrogens with one attached hydrogen (secondary N) is 1. The SMILES string of the molecule is CC(CO)(NC1CCCC1)c1ccc(Br)cc1Cl. The number of rotatable bonds is 4. The van der Waals surface area contributed by atoms with Gasteiger partial charge in [0.05, 0.1) is 12.1 Å². The molecular formula is C14H19BrClNO. The van der Waals surface area contributed by atoms with Crippen LogP contribution in [0.1, 0.15) is 38.2 Å². The first kappa shape index (κ1) is 14.3. The van der Waals surface area contributed by atoms with Gasteiger partial charge in [-0.1, -0.05) is 46.4 Å². The van der Waals surface area contributed by atoms with Crippen LogP contribution in [0.5, 0.6) is 0 Å². The molecule has 0 amide bonds. The summed E-state index contributed by atoms with van der Waals surface area (Å²) in [4.78, 5) is 0. The Morgan fingerprint density at radius 3 is 2.67 bits per heavy atom. The fourth-order valence-electron chi connectivity index (χ4n) is 2.67. The second kappa shape index (κ2) is 5.91. The molecule has 1 atom stereocenters. The third-order valence-corrected chi connectivity index (χ3v) is 4.53. The largest absolute Gasteiger partial charge is 0.394 e. The molecular weight excluding hydrogens is 314 g/mol. The zero-order valence-electron chi connectivity index (χ0n) is 10.5. The molecule has 4 heteroatoms. The maximum absolute atomic E-state index is 9.76. The average molecular weight is 333 g/mol. The molecule has 0 bridgehead atoms. The molecule has 2 N–H and O–H groups in total. The molecule has 0 heterocycles. The van der Waals surface area contributed by atoms with Gasteiger partial charge < -0.3 is 10.4 Å².